The van der Waals surface area contributed by atoms with E-state index in [0.717, 1.165) is 55.6 Å². The highest BCUT2D eigenvalue weighted by molar-refractivity contribution is 7.53. The molecule has 14 heteroatoms. The van der Waals surface area contributed by atoms with Gasteiger partial charge in [-0.25, -0.2) is 13.4 Å². The molecule has 3 unspecified atom stereocenters. The average molecular weight is 1290 g/mol. The first-order valence-electron chi connectivity index (χ1n) is 31.4. The smallest absolute Gasteiger partial charge is 0.387 e. The average Bonchev–Trinajstić information content (AvgIpc) is 0.676. The predicted octanol–water partition coefficient (Wildman–Crippen LogP) is 19.6. The van der Waals surface area contributed by atoms with E-state index in [-0.39, 0.29) is 27.1 Å². The number of hydrogen-bond donors (Lipinski definition) is 7. The molecule has 0 aromatic heterocycles. The third kappa shape index (κ3) is 17.5. The Morgan fingerprint density at radius 2 is 0.494 bits per heavy atom. The van der Waals surface area contributed by atoms with Gasteiger partial charge in [0.05, 0.1) is 23.7 Å². The van der Waals surface area contributed by atoms with Crippen molar-refractivity contribution in [2.75, 3.05) is 0 Å². The maximum atomic E-state index is 15.4. The second kappa shape index (κ2) is 26.7. The molecule has 0 radical (unpaired) electrons. The highest BCUT2D eigenvalue weighted by atomic mass is 31.2. The van der Waals surface area contributed by atoms with Crippen LogP contribution in [0.5, 0.6) is 0 Å². The summed E-state index contributed by atoms with van der Waals surface area (Å²) in [5.41, 5.74) is 0.996. The van der Waals surface area contributed by atoms with E-state index in [2.05, 4.69) is 242 Å². The SMILES string of the molecule is CC(C)(C)c1ccc(C(O)C(C(O)c2ccc(C(C)(C)C)cc2C(C)(C)C)(C(O)c2ccc(C(C)(C)C)cc2C(C)(C)C)C(OP(=O)=O)(c2ccc(C(C)(C)C)cc2C(C)(C)C)c2ccc(C(C)(C)C)cc2C(C)(C)C)c(C(C)(C)C)c1.OP(O)OP(O)O. The first kappa shape index (κ1) is 77.9. The monoisotopic (exact) mass is 1280 g/mol. The van der Waals surface area contributed by atoms with E-state index in [0.29, 0.717) is 27.8 Å². The van der Waals surface area contributed by atoms with E-state index in [1.807, 2.05) is 60.7 Å². The molecule has 0 saturated heterocycles. The molecule has 5 aromatic carbocycles. The summed E-state index contributed by atoms with van der Waals surface area (Å²) < 4.78 is 41.4. The lowest BCUT2D eigenvalue weighted by molar-refractivity contribution is -0.230. The minimum Gasteiger partial charge on any atom is -0.387 e. The van der Waals surface area contributed by atoms with Crippen molar-refractivity contribution in [3.8, 4) is 0 Å². The van der Waals surface area contributed by atoms with Gasteiger partial charge < -0.3 is 34.9 Å². The number of benzene rings is 5. The molecule has 0 fully saturated rings. The van der Waals surface area contributed by atoms with E-state index >= 15 is 24.4 Å². The highest BCUT2D eigenvalue weighted by Gasteiger charge is 2.70. The molecule has 11 nitrogen and oxygen atoms in total. The number of aliphatic hydroxyl groups is 3. The molecule has 5 rings (SSSR count). The zero-order valence-electron chi connectivity index (χ0n) is 60.0. The molecule has 0 aliphatic carbocycles. The zero-order chi connectivity index (χ0) is 69.1. The molecular weight excluding hydrogens is 1170 g/mol. The van der Waals surface area contributed by atoms with Gasteiger partial charge in [0.15, 0.2) is 0 Å². The Bertz CT molecular complexity index is 3050. The maximum Gasteiger partial charge on any atom is 0.469 e. The molecule has 89 heavy (non-hydrogen) atoms. The van der Waals surface area contributed by atoms with Crippen LogP contribution in [0.1, 0.15) is 309 Å². The second-order valence-electron chi connectivity index (χ2n) is 35.2. The molecule has 5 aromatic rings. The lowest BCUT2D eigenvalue weighted by Crippen LogP contribution is -2.59. The number of aliphatic hydroxyl groups excluding tert-OH is 3. The molecule has 0 saturated carbocycles. The minimum atomic E-state index is -3.92. The molecule has 0 spiro atoms. The van der Waals surface area contributed by atoms with Crippen LogP contribution in [0.25, 0.3) is 0 Å². The molecule has 3 atom stereocenters. The number of rotatable bonds is 13. The van der Waals surface area contributed by atoms with Crippen molar-refractivity contribution in [1.29, 1.82) is 0 Å². The Morgan fingerprint density at radius 1 is 0.292 bits per heavy atom. The van der Waals surface area contributed by atoms with E-state index in [1.165, 1.54) is 0 Å². The molecule has 0 heterocycles. The highest BCUT2D eigenvalue weighted by Crippen LogP contribution is 2.70. The van der Waals surface area contributed by atoms with Crippen molar-refractivity contribution in [3.63, 3.8) is 0 Å². The van der Waals surface area contributed by atoms with Crippen molar-refractivity contribution in [2.45, 2.75) is 286 Å². The van der Waals surface area contributed by atoms with Crippen LogP contribution < -0.4 is 0 Å². The van der Waals surface area contributed by atoms with Crippen LogP contribution in [0.15, 0.2) is 91.0 Å². The fourth-order valence-electron chi connectivity index (χ4n) is 12.4. The van der Waals surface area contributed by atoms with Crippen LogP contribution in [0, 0.1) is 5.41 Å². The standard InChI is InChI=1S/C75H111O6P.H4O5P2/c1-64(2,3)46-31-36-51(56(41-46)69(16,17)18)61(76)74(62(77)52-37-32-47(65(4,5)6)42-57(52)70(19,20)21,63(78)53-38-33-48(66(7,8)9)43-58(53)71(22,23)24)75(81-82(79)80,54-39-34-49(67(10,11)12)44-59(54)72(25,26)27)55-40-35-50(68(13,14)15)45-60(55)73(28,29)30;1-6(2)5-7(3)4/h31-45,61-63,76-78H,1-30H3;1-4H. The van der Waals surface area contributed by atoms with Crippen molar-refractivity contribution in [3.05, 3.63) is 174 Å². The lowest BCUT2D eigenvalue weighted by atomic mass is 9.50. The third-order valence-corrected chi connectivity index (χ3v) is 19.1. The molecular formula is C75H115O11P3. The van der Waals surface area contributed by atoms with Gasteiger partial charge in [0, 0.05) is 0 Å². The fraction of sp³-hybridized carbons (Fsp3) is 0.600. The Labute approximate surface area is 540 Å². The van der Waals surface area contributed by atoms with Gasteiger partial charge >= 0.3 is 25.1 Å². The summed E-state index contributed by atoms with van der Waals surface area (Å²) in [6, 6.07) is 30.9. The summed E-state index contributed by atoms with van der Waals surface area (Å²) >= 11 is 0. The fourth-order valence-corrected chi connectivity index (χ4v) is 13.5. The molecule has 0 bridgehead atoms. The second-order valence-corrected chi connectivity index (χ2v) is 37.4. The lowest BCUT2D eigenvalue weighted by Gasteiger charge is -2.58. The van der Waals surface area contributed by atoms with Gasteiger partial charge in [-0.3, -0.25) is 4.52 Å². The molecule has 7 N–H and O–H groups in total. The zero-order valence-corrected chi connectivity index (χ0v) is 62.7. The van der Waals surface area contributed by atoms with Crippen LogP contribution >= 0.6 is 25.1 Å². The minimum absolute atomic E-state index is 0.312. The quantitative estimate of drug-likeness (QED) is 0.0555. The van der Waals surface area contributed by atoms with Crippen LogP contribution in [0.2, 0.25) is 0 Å². The largest absolute Gasteiger partial charge is 0.469 e. The molecule has 0 amide bonds. The topological polar surface area (TPSA) is 194 Å². The van der Waals surface area contributed by atoms with E-state index in [9.17, 15) is 0 Å². The Balaban J connectivity index is 0.00000227. The van der Waals surface area contributed by atoms with Crippen LogP contribution in [0.4, 0.5) is 0 Å². The van der Waals surface area contributed by atoms with E-state index in [4.69, 9.17) is 24.1 Å². The van der Waals surface area contributed by atoms with Crippen molar-refractivity contribution < 1.29 is 52.9 Å². The predicted molar refractivity (Wildman–Crippen MR) is 370 cm³/mol. The van der Waals surface area contributed by atoms with Gasteiger partial charge in [-0.2, -0.15) is 0 Å². The van der Waals surface area contributed by atoms with Gasteiger partial charge in [0.25, 0.3) is 0 Å². The van der Waals surface area contributed by atoms with Crippen molar-refractivity contribution >= 4 is 25.1 Å². The number of hydrogen-bond acceptors (Lipinski definition) is 11. The molecule has 0 aliphatic heterocycles. The van der Waals surface area contributed by atoms with Crippen LogP contribution in [-0.2, 0) is 77.7 Å². The van der Waals surface area contributed by atoms with E-state index in [1.54, 1.807) is 0 Å². The van der Waals surface area contributed by atoms with Gasteiger partial charge in [0.2, 0.25) is 0 Å². The van der Waals surface area contributed by atoms with Crippen molar-refractivity contribution in [1.82, 2.24) is 0 Å². The van der Waals surface area contributed by atoms with Crippen molar-refractivity contribution in [2.24, 2.45) is 5.41 Å². The summed E-state index contributed by atoms with van der Waals surface area (Å²) in [6.45, 7) is 64.3. The maximum absolute atomic E-state index is 15.4. The first-order chi connectivity index (χ1) is 39.7. The normalized spacial score (nSPS) is 15.6. The summed E-state index contributed by atoms with van der Waals surface area (Å²) in [7, 11) is -9.15. The van der Waals surface area contributed by atoms with Crippen LogP contribution in [-0.4, -0.2) is 34.9 Å². The summed E-state index contributed by atoms with van der Waals surface area (Å²) in [5, 5.41) is 46.2. The Kier molecular flexibility index (Phi) is 23.4. The Hall–Kier alpha value is -3.50. The van der Waals surface area contributed by atoms with Gasteiger partial charge in [-0.1, -0.05) is 299 Å². The molecule has 496 valence electrons. The summed E-state index contributed by atoms with van der Waals surface area (Å²) in [6.07, 6.45) is -5.69. The Morgan fingerprint density at radius 3 is 0.663 bits per heavy atom. The first-order valence-corrected chi connectivity index (χ1v) is 34.8. The van der Waals surface area contributed by atoms with E-state index < -0.39 is 81.5 Å². The third-order valence-electron chi connectivity index (χ3n) is 17.5. The van der Waals surface area contributed by atoms with Gasteiger partial charge in [-0.05, 0) is 138 Å². The van der Waals surface area contributed by atoms with Gasteiger partial charge in [0.1, 0.15) is 5.60 Å². The molecule has 0 aliphatic rings. The summed E-state index contributed by atoms with van der Waals surface area (Å²) in [4.78, 5) is 31.3. The van der Waals surface area contributed by atoms with Crippen LogP contribution in [0.3, 0.4) is 0 Å². The van der Waals surface area contributed by atoms with Gasteiger partial charge in [-0.15, -0.1) is 0 Å². The summed E-state index contributed by atoms with van der Waals surface area (Å²) in [5.74, 6) is 0.